The highest BCUT2D eigenvalue weighted by molar-refractivity contribution is 7.78. The van der Waals surface area contributed by atoms with Crippen LogP contribution < -0.4 is 0 Å². The predicted molar refractivity (Wildman–Crippen MR) is 54.9 cm³/mol. The second kappa shape index (κ2) is 5.04. The molecule has 0 aliphatic carbocycles. The SMILES string of the molecule is S=C=NCC(Cl)c1ccccc1. The monoisotopic (exact) mass is 197 g/mol. The summed E-state index contributed by atoms with van der Waals surface area (Å²) in [5.74, 6) is 0. The van der Waals surface area contributed by atoms with Crippen molar-refractivity contribution in [1.29, 1.82) is 0 Å². The molecular weight excluding hydrogens is 190 g/mol. The van der Waals surface area contributed by atoms with E-state index in [0.717, 1.165) is 5.56 Å². The van der Waals surface area contributed by atoms with Gasteiger partial charge in [0.2, 0.25) is 0 Å². The largest absolute Gasteiger partial charge is 0.231 e. The van der Waals surface area contributed by atoms with Gasteiger partial charge < -0.3 is 0 Å². The molecule has 1 unspecified atom stereocenters. The van der Waals surface area contributed by atoms with Crippen molar-refractivity contribution in [1.82, 2.24) is 0 Å². The molecule has 0 aromatic heterocycles. The van der Waals surface area contributed by atoms with Crippen molar-refractivity contribution in [2.75, 3.05) is 6.54 Å². The van der Waals surface area contributed by atoms with Crippen LogP contribution >= 0.6 is 23.8 Å². The molecule has 0 saturated heterocycles. The Morgan fingerprint density at radius 1 is 1.42 bits per heavy atom. The normalized spacial score (nSPS) is 11.8. The van der Waals surface area contributed by atoms with E-state index in [1.165, 1.54) is 0 Å². The van der Waals surface area contributed by atoms with E-state index in [0.29, 0.717) is 6.54 Å². The molecule has 0 spiro atoms. The van der Waals surface area contributed by atoms with Crippen LogP contribution in [0.4, 0.5) is 0 Å². The minimum atomic E-state index is -0.0957. The first-order valence-corrected chi connectivity index (χ1v) is 4.41. The molecule has 0 aliphatic heterocycles. The number of thiocarbonyl (C=S) groups is 1. The van der Waals surface area contributed by atoms with Crippen LogP contribution in [0.3, 0.4) is 0 Å². The maximum atomic E-state index is 6.00. The minimum Gasteiger partial charge on any atom is -0.231 e. The van der Waals surface area contributed by atoms with E-state index in [-0.39, 0.29) is 5.38 Å². The van der Waals surface area contributed by atoms with Crippen molar-refractivity contribution >= 4 is 29.0 Å². The van der Waals surface area contributed by atoms with Gasteiger partial charge in [0.15, 0.2) is 0 Å². The summed E-state index contributed by atoms with van der Waals surface area (Å²) < 4.78 is 0. The number of benzene rings is 1. The molecule has 0 fully saturated rings. The Balaban J connectivity index is 2.65. The summed E-state index contributed by atoms with van der Waals surface area (Å²) in [5.41, 5.74) is 1.06. The lowest BCUT2D eigenvalue weighted by Gasteiger charge is -2.04. The smallest absolute Gasteiger partial charge is 0.0788 e. The van der Waals surface area contributed by atoms with Gasteiger partial charge in [-0.3, -0.25) is 0 Å². The third-order valence-corrected chi connectivity index (χ3v) is 2.00. The number of hydrogen-bond acceptors (Lipinski definition) is 2. The molecule has 3 heteroatoms. The highest BCUT2D eigenvalue weighted by atomic mass is 35.5. The lowest BCUT2D eigenvalue weighted by molar-refractivity contribution is 0.938. The zero-order chi connectivity index (χ0) is 8.81. The van der Waals surface area contributed by atoms with Crippen LogP contribution in [-0.4, -0.2) is 11.7 Å². The highest BCUT2D eigenvalue weighted by Crippen LogP contribution is 2.19. The summed E-state index contributed by atoms with van der Waals surface area (Å²) in [7, 11) is 0. The van der Waals surface area contributed by atoms with Crippen LogP contribution in [0.2, 0.25) is 0 Å². The van der Waals surface area contributed by atoms with E-state index in [9.17, 15) is 0 Å². The molecule has 62 valence electrons. The zero-order valence-electron chi connectivity index (χ0n) is 6.40. The molecule has 0 amide bonds. The van der Waals surface area contributed by atoms with Crippen molar-refractivity contribution < 1.29 is 0 Å². The Hall–Kier alpha value is -0.690. The molecule has 0 saturated carbocycles. The van der Waals surface area contributed by atoms with Gasteiger partial charge in [-0.1, -0.05) is 30.3 Å². The maximum Gasteiger partial charge on any atom is 0.0788 e. The Bertz CT molecular complexity index is 280. The predicted octanol–water partition coefficient (Wildman–Crippen LogP) is 3.07. The second-order valence-electron chi connectivity index (χ2n) is 2.31. The molecule has 0 aliphatic rings. The summed E-state index contributed by atoms with van der Waals surface area (Å²) in [6.07, 6.45) is 0. The quantitative estimate of drug-likeness (QED) is 0.412. The van der Waals surface area contributed by atoms with Crippen molar-refractivity contribution in [3.8, 4) is 0 Å². The van der Waals surface area contributed by atoms with Crippen molar-refractivity contribution in [3.05, 3.63) is 35.9 Å². The fourth-order valence-electron chi connectivity index (χ4n) is 0.885. The highest BCUT2D eigenvalue weighted by Gasteiger charge is 2.04. The van der Waals surface area contributed by atoms with Gasteiger partial charge in [-0.15, -0.1) is 11.6 Å². The summed E-state index contributed by atoms with van der Waals surface area (Å²) in [4.78, 5) is 3.78. The topological polar surface area (TPSA) is 12.4 Å². The van der Waals surface area contributed by atoms with Gasteiger partial charge in [0.25, 0.3) is 0 Å². The molecule has 1 aromatic rings. The number of isothiocyanates is 1. The molecule has 0 bridgehead atoms. The lowest BCUT2D eigenvalue weighted by Crippen LogP contribution is -1.93. The van der Waals surface area contributed by atoms with E-state index in [1.54, 1.807) is 0 Å². The Morgan fingerprint density at radius 3 is 2.67 bits per heavy atom. The van der Waals surface area contributed by atoms with E-state index in [2.05, 4.69) is 22.4 Å². The summed E-state index contributed by atoms with van der Waals surface area (Å²) in [5, 5.41) is 2.20. The first-order chi connectivity index (χ1) is 5.84. The van der Waals surface area contributed by atoms with Gasteiger partial charge in [0.05, 0.1) is 17.1 Å². The van der Waals surface area contributed by atoms with Gasteiger partial charge in [0, 0.05) is 0 Å². The van der Waals surface area contributed by atoms with Gasteiger partial charge >= 0.3 is 0 Å². The first kappa shape index (κ1) is 9.40. The fourth-order valence-corrected chi connectivity index (χ4v) is 1.17. The van der Waals surface area contributed by atoms with Crippen LogP contribution in [0.5, 0.6) is 0 Å². The van der Waals surface area contributed by atoms with Crippen LogP contribution in [-0.2, 0) is 0 Å². The number of aliphatic imine (C=N–C) groups is 1. The van der Waals surface area contributed by atoms with Gasteiger partial charge in [-0.25, -0.2) is 4.99 Å². The number of nitrogens with zero attached hydrogens (tertiary/aromatic N) is 1. The number of rotatable bonds is 3. The summed E-state index contributed by atoms with van der Waals surface area (Å²) in [6, 6.07) is 9.79. The second-order valence-corrected chi connectivity index (χ2v) is 3.02. The fraction of sp³-hybridized carbons (Fsp3) is 0.222. The maximum absolute atomic E-state index is 6.00. The Labute approximate surface area is 82.1 Å². The first-order valence-electron chi connectivity index (χ1n) is 3.57. The molecule has 12 heavy (non-hydrogen) atoms. The van der Waals surface area contributed by atoms with Crippen LogP contribution in [0.15, 0.2) is 35.3 Å². The summed E-state index contributed by atoms with van der Waals surface area (Å²) in [6.45, 7) is 0.495. The van der Waals surface area contributed by atoms with Gasteiger partial charge in [0.1, 0.15) is 0 Å². The molecule has 0 N–H and O–H groups in total. The summed E-state index contributed by atoms with van der Waals surface area (Å²) >= 11 is 10.4. The standard InChI is InChI=1S/C9H8ClNS/c10-9(6-11-7-12)8-4-2-1-3-5-8/h1-5,9H,6H2. The van der Waals surface area contributed by atoms with Crippen molar-refractivity contribution in [3.63, 3.8) is 0 Å². The minimum absolute atomic E-state index is 0.0957. The Morgan fingerprint density at radius 2 is 2.08 bits per heavy atom. The van der Waals surface area contributed by atoms with E-state index in [1.807, 2.05) is 30.3 Å². The molecule has 1 aromatic carbocycles. The van der Waals surface area contributed by atoms with Crippen LogP contribution in [0.25, 0.3) is 0 Å². The van der Waals surface area contributed by atoms with Crippen LogP contribution in [0, 0.1) is 0 Å². The number of hydrogen-bond donors (Lipinski definition) is 0. The molecule has 1 nitrogen and oxygen atoms in total. The number of halogens is 1. The molecule has 0 heterocycles. The van der Waals surface area contributed by atoms with E-state index < -0.39 is 0 Å². The molecular formula is C9H8ClNS. The lowest BCUT2D eigenvalue weighted by atomic mass is 10.1. The number of alkyl halides is 1. The third-order valence-electron chi connectivity index (χ3n) is 1.48. The van der Waals surface area contributed by atoms with E-state index in [4.69, 9.17) is 11.6 Å². The van der Waals surface area contributed by atoms with Crippen LogP contribution in [0.1, 0.15) is 10.9 Å². The molecule has 0 radical (unpaired) electrons. The van der Waals surface area contributed by atoms with Gasteiger partial charge in [-0.2, -0.15) is 0 Å². The van der Waals surface area contributed by atoms with Crippen molar-refractivity contribution in [2.24, 2.45) is 4.99 Å². The van der Waals surface area contributed by atoms with Crippen molar-refractivity contribution in [2.45, 2.75) is 5.38 Å². The third kappa shape index (κ3) is 2.74. The average molecular weight is 198 g/mol. The van der Waals surface area contributed by atoms with Gasteiger partial charge in [-0.05, 0) is 17.8 Å². The Kier molecular flexibility index (Phi) is 3.95. The molecule has 1 rings (SSSR count). The zero-order valence-corrected chi connectivity index (χ0v) is 7.98. The average Bonchev–Trinajstić information content (AvgIpc) is 2.15. The van der Waals surface area contributed by atoms with E-state index >= 15 is 0 Å². The molecule has 1 atom stereocenters.